The van der Waals surface area contributed by atoms with E-state index in [9.17, 15) is 19.0 Å². The molecule has 0 aliphatic heterocycles. The van der Waals surface area contributed by atoms with Gasteiger partial charge >= 0.3 is 19.8 Å². The molecule has 0 saturated heterocycles. The minimum Gasteiger partial charge on any atom is -0.462 e. The number of allylic oxidation sites excluding steroid dienone is 8. The van der Waals surface area contributed by atoms with Gasteiger partial charge in [-0.1, -0.05) is 146 Å². The van der Waals surface area contributed by atoms with E-state index < -0.39 is 32.5 Å². The van der Waals surface area contributed by atoms with Crippen LogP contribution in [0.2, 0.25) is 0 Å². The van der Waals surface area contributed by atoms with Gasteiger partial charge in [-0.15, -0.1) is 0 Å². The normalized spacial score (nSPS) is 13.9. The third kappa shape index (κ3) is 35.8. The van der Waals surface area contributed by atoms with E-state index in [4.69, 9.17) is 24.3 Å². The van der Waals surface area contributed by atoms with Gasteiger partial charge in [0.05, 0.1) is 13.2 Å². The van der Waals surface area contributed by atoms with Crippen molar-refractivity contribution in [3.8, 4) is 0 Å². The number of unbranched alkanes of at least 4 members (excludes halogenated alkanes) is 15. The van der Waals surface area contributed by atoms with E-state index in [2.05, 4.69) is 62.5 Å². The number of phosphoric ester groups is 1. The second-order valence-corrected chi connectivity index (χ2v) is 14.2. The Morgan fingerprint density at radius 1 is 0.620 bits per heavy atom. The molecule has 0 spiro atoms. The van der Waals surface area contributed by atoms with Gasteiger partial charge in [0.25, 0.3) is 0 Å². The SMILES string of the molecule is CCC=CCC=CCC=CCC=CCCCCCCC(=O)OCC(COP(=O)(O)OCCN)OC(=O)CCCCCCCCCCCCCC. The summed E-state index contributed by atoms with van der Waals surface area (Å²) in [5.41, 5.74) is 5.33. The van der Waals surface area contributed by atoms with Gasteiger partial charge < -0.3 is 20.1 Å². The number of ether oxygens (including phenoxy) is 2. The summed E-state index contributed by atoms with van der Waals surface area (Å²) in [5.74, 6) is -0.858. The molecule has 0 aliphatic carbocycles. The predicted octanol–water partition coefficient (Wildman–Crippen LogP) is 10.8. The Hall–Kier alpha value is -2.03. The van der Waals surface area contributed by atoms with Crippen LogP contribution >= 0.6 is 7.82 Å². The molecule has 0 aromatic carbocycles. The standard InChI is InChI=1S/C40H72NO8P/c1-3-5-7-9-11-13-15-17-18-19-20-21-23-24-26-28-30-32-39(42)46-36-38(37-48-50(44,45)47-35-34-41)49-40(43)33-31-29-27-25-22-16-14-12-10-8-6-4-2/h5,7,11,13,17-18,20-21,38H,3-4,6,8-10,12,14-16,19,22-37,41H2,1-2H3,(H,44,45). The van der Waals surface area contributed by atoms with Crippen LogP contribution in [0.1, 0.15) is 162 Å². The van der Waals surface area contributed by atoms with Crippen LogP contribution < -0.4 is 5.73 Å². The van der Waals surface area contributed by atoms with E-state index in [-0.39, 0.29) is 32.6 Å². The first-order valence-corrected chi connectivity index (χ1v) is 21.1. The maximum atomic E-state index is 12.5. The Balaban J connectivity index is 4.24. The summed E-state index contributed by atoms with van der Waals surface area (Å²) >= 11 is 0. The van der Waals surface area contributed by atoms with Crippen molar-refractivity contribution in [2.45, 2.75) is 168 Å². The molecule has 0 aromatic rings. The average Bonchev–Trinajstić information content (AvgIpc) is 3.10. The van der Waals surface area contributed by atoms with Gasteiger partial charge in [-0.05, 0) is 51.4 Å². The largest absolute Gasteiger partial charge is 0.472 e. The highest BCUT2D eigenvalue weighted by molar-refractivity contribution is 7.47. The monoisotopic (exact) mass is 725 g/mol. The molecular weight excluding hydrogens is 653 g/mol. The summed E-state index contributed by atoms with van der Waals surface area (Å²) in [6, 6.07) is 0. The van der Waals surface area contributed by atoms with Crippen LogP contribution in [-0.4, -0.2) is 49.3 Å². The first kappa shape index (κ1) is 48.0. The van der Waals surface area contributed by atoms with Crippen LogP contribution in [-0.2, 0) is 32.7 Å². The Labute approximate surface area is 305 Å². The first-order valence-electron chi connectivity index (χ1n) is 19.6. The highest BCUT2D eigenvalue weighted by atomic mass is 31.2. The molecule has 0 amide bonds. The maximum Gasteiger partial charge on any atom is 0.472 e. The highest BCUT2D eigenvalue weighted by Crippen LogP contribution is 2.43. The lowest BCUT2D eigenvalue weighted by Gasteiger charge is -2.19. The molecule has 3 N–H and O–H groups in total. The Morgan fingerprint density at radius 2 is 1.10 bits per heavy atom. The van der Waals surface area contributed by atoms with Crippen molar-refractivity contribution < 1.29 is 37.6 Å². The Kier molecular flexibility index (Phi) is 35.3. The van der Waals surface area contributed by atoms with Crippen molar-refractivity contribution in [2.75, 3.05) is 26.4 Å². The zero-order valence-corrected chi connectivity index (χ0v) is 32.5. The van der Waals surface area contributed by atoms with Crippen molar-refractivity contribution in [3.63, 3.8) is 0 Å². The number of esters is 2. The quantitative estimate of drug-likeness (QED) is 0.0280. The van der Waals surface area contributed by atoms with Gasteiger partial charge in [0.1, 0.15) is 6.61 Å². The van der Waals surface area contributed by atoms with E-state index in [1.807, 2.05) is 0 Å². The lowest BCUT2D eigenvalue weighted by atomic mass is 10.0. The molecule has 0 radical (unpaired) electrons. The van der Waals surface area contributed by atoms with E-state index in [1.165, 1.54) is 51.4 Å². The van der Waals surface area contributed by atoms with Gasteiger partial charge in [0.15, 0.2) is 6.10 Å². The summed E-state index contributed by atoms with van der Waals surface area (Å²) in [6.07, 6.45) is 39.9. The van der Waals surface area contributed by atoms with Crippen molar-refractivity contribution in [1.82, 2.24) is 0 Å². The zero-order chi connectivity index (χ0) is 36.8. The zero-order valence-electron chi connectivity index (χ0n) is 31.6. The number of hydrogen-bond acceptors (Lipinski definition) is 8. The fourth-order valence-electron chi connectivity index (χ4n) is 5.09. The minimum absolute atomic E-state index is 0.0490. The molecule has 0 bridgehead atoms. The fraction of sp³-hybridized carbons (Fsp3) is 0.750. The number of nitrogens with two attached hydrogens (primary N) is 1. The van der Waals surface area contributed by atoms with Gasteiger partial charge in [-0.2, -0.15) is 0 Å². The molecule has 10 heteroatoms. The van der Waals surface area contributed by atoms with Crippen molar-refractivity contribution in [1.29, 1.82) is 0 Å². The Bertz CT molecular complexity index is 965. The molecule has 0 aliphatic rings. The lowest BCUT2D eigenvalue weighted by molar-refractivity contribution is -0.161. The van der Waals surface area contributed by atoms with Gasteiger partial charge in [0, 0.05) is 19.4 Å². The number of carbonyl (C=O) groups excluding carboxylic acids is 2. The van der Waals surface area contributed by atoms with Crippen molar-refractivity contribution >= 4 is 19.8 Å². The van der Waals surface area contributed by atoms with E-state index in [1.54, 1.807) is 0 Å². The van der Waals surface area contributed by atoms with E-state index >= 15 is 0 Å². The second-order valence-electron chi connectivity index (χ2n) is 12.8. The predicted molar refractivity (Wildman–Crippen MR) is 206 cm³/mol. The van der Waals surface area contributed by atoms with E-state index in [0.717, 1.165) is 70.6 Å². The smallest absolute Gasteiger partial charge is 0.462 e. The van der Waals surface area contributed by atoms with Crippen LogP contribution in [0.3, 0.4) is 0 Å². The molecule has 290 valence electrons. The molecule has 9 nitrogen and oxygen atoms in total. The summed E-state index contributed by atoms with van der Waals surface area (Å²) in [4.78, 5) is 34.7. The Morgan fingerprint density at radius 3 is 1.64 bits per heavy atom. The van der Waals surface area contributed by atoms with E-state index in [0.29, 0.717) is 12.8 Å². The first-order chi connectivity index (χ1) is 24.3. The van der Waals surface area contributed by atoms with Gasteiger partial charge in [-0.3, -0.25) is 18.6 Å². The summed E-state index contributed by atoms with van der Waals surface area (Å²) in [5, 5.41) is 0. The van der Waals surface area contributed by atoms with Gasteiger partial charge in [-0.25, -0.2) is 4.57 Å². The highest BCUT2D eigenvalue weighted by Gasteiger charge is 2.25. The number of phosphoric acid groups is 1. The minimum atomic E-state index is -4.38. The van der Waals surface area contributed by atoms with Crippen molar-refractivity contribution in [2.24, 2.45) is 5.73 Å². The molecule has 0 fully saturated rings. The molecular formula is C40H72NO8P. The number of carbonyl (C=O) groups is 2. The number of rotatable bonds is 36. The summed E-state index contributed by atoms with van der Waals surface area (Å²) in [6.45, 7) is 3.57. The second kappa shape index (κ2) is 36.8. The molecule has 2 atom stereocenters. The topological polar surface area (TPSA) is 134 Å². The molecule has 2 unspecified atom stereocenters. The van der Waals surface area contributed by atoms with Crippen LogP contribution in [0.25, 0.3) is 0 Å². The van der Waals surface area contributed by atoms with Gasteiger partial charge in [0.2, 0.25) is 0 Å². The fourth-order valence-corrected chi connectivity index (χ4v) is 5.86. The summed E-state index contributed by atoms with van der Waals surface area (Å²) in [7, 11) is -4.38. The van der Waals surface area contributed by atoms with Crippen LogP contribution in [0.4, 0.5) is 0 Å². The van der Waals surface area contributed by atoms with Crippen LogP contribution in [0, 0.1) is 0 Å². The molecule has 0 heterocycles. The molecule has 50 heavy (non-hydrogen) atoms. The third-order valence-electron chi connectivity index (χ3n) is 7.98. The average molecular weight is 726 g/mol. The third-order valence-corrected chi connectivity index (χ3v) is 8.96. The van der Waals surface area contributed by atoms with Crippen molar-refractivity contribution in [3.05, 3.63) is 48.6 Å². The summed E-state index contributed by atoms with van der Waals surface area (Å²) < 4.78 is 32.6. The van der Waals surface area contributed by atoms with Crippen LogP contribution in [0.15, 0.2) is 48.6 Å². The van der Waals surface area contributed by atoms with Crippen LogP contribution in [0.5, 0.6) is 0 Å². The molecule has 0 saturated carbocycles. The molecule has 0 rings (SSSR count). The number of hydrogen-bond donors (Lipinski definition) is 2. The lowest BCUT2D eigenvalue weighted by Crippen LogP contribution is -2.29. The molecule has 0 aromatic heterocycles. The maximum absolute atomic E-state index is 12.5.